The van der Waals surface area contributed by atoms with Gasteiger partial charge < -0.3 is 0 Å². The molecule has 136 valence electrons. The number of rotatable bonds is 4. The quantitative estimate of drug-likeness (QED) is 0.381. The fourth-order valence-electron chi connectivity index (χ4n) is 8.21. The molecule has 0 radical (unpaired) electrons. The van der Waals surface area contributed by atoms with Gasteiger partial charge in [0.2, 0.25) is 0 Å². The number of allylic oxidation sites excluding steroid dienone is 6. The minimum atomic E-state index is 0.525. The summed E-state index contributed by atoms with van der Waals surface area (Å²) in [6.45, 7) is 18.1. The van der Waals surface area contributed by atoms with Crippen LogP contribution in [0.25, 0.3) is 0 Å². The van der Waals surface area contributed by atoms with Crippen molar-refractivity contribution in [3.63, 3.8) is 0 Å². The van der Waals surface area contributed by atoms with E-state index in [9.17, 15) is 0 Å². The van der Waals surface area contributed by atoms with E-state index in [1.165, 1.54) is 19.2 Å². The molecule has 2 saturated carbocycles. The molecule has 0 saturated heterocycles. The fraction of sp³-hybridized carbons (Fsp3) is 0.750. The highest BCUT2D eigenvalue weighted by molar-refractivity contribution is 6.63. The van der Waals surface area contributed by atoms with Gasteiger partial charge in [0.15, 0.2) is 6.71 Å². The van der Waals surface area contributed by atoms with Crippen LogP contribution in [0.15, 0.2) is 35.5 Å². The molecule has 4 rings (SSSR count). The molecule has 0 aliphatic heterocycles. The predicted octanol–water partition coefficient (Wildman–Crippen LogP) is 7.04. The third-order valence-electron chi connectivity index (χ3n) is 9.21. The monoisotopic (exact) mass is 336 g/mol. The Labute approximate surface area is 156 Å². The third kappa shape index (κ3) is 2.20. The van der Waals surface area contributed by atoms with Crippen LogP contribution in [-0.4, -0.2) is 6.71 Å². The van der Waals surface area contributed by atoms with Gasteiger partial charge in [0.25, 0.3) is 0 Å². The second-order valence-electron chi connectivity index (χ2n) is 10.8. The molecule has 4 aliphatic carbocycles. The second kappa shape index (κ2) is 5.64. The van der Waals surface area contributed by atoms with Gasteiger partial charge in [-0.1, -0.05) is 81.1 Å². The van der Waals surface area contributed by atoms with Crippen molar-refractivity contribution in [2.75, 3.05) is 0 Å². The summed E-state index contributed by atoms with van der Waals surface area (Å²) in [5.41, 5.74) is 4.44. The maximum atomic E-state index is 2.56. The lowest BCUT2D eigenvalue weighted by molar-refractivity contribution is -0.0302. The number of hydrogen-bond acceptors (Lipinski definition) is 0. The molecular weight excluding hydrogens is 299 g/mol. The molecule has 2 unspecified atom stereocenters. The summed E-state index contributed by atoms with van der Waals surface area (Å²) < 4.78 is 0. The first-order chi connectivity index (χ1) is 11.7. The predicted molar refractivity (Wildman–Crippen MR) is 111 cm³/mol. The molecule has 0 aromatic carbocycles. The Bertz CT molecular complexity index is 597. The zero-order chi connectivity index (χ0) is 18.1. The van der Waals surface area contributed by atoms with Crippen molar-refractivity contribution in [3.8, 4) is 0 Å². The van der Waals surface area contributed by atoms with E-state index in [2.05, 4.69) is 72.8 Å². The summed E-state index contributed by atoms with van der Waals surface area (Å²) >= 11 is 0. The van der Waals surface area contributed by atoms with Crippen molar-refractivity contribution in [1.82, 2.24) is 0 Å². The van der Waals surface area contributed by atoms with E-state index in [-0.39, 0.29) is 0 Å². The molecule has 25 heavy (non-hydrogen) atoms. The zero-order valence-corrected chi connectivity index (χ0v) is 17.5. The first kappa shape index (κ1) is 17.7. The summed E-state index contributed by atoms with van der Waals surface area (Å²) in [7, 11) is 0. The van der Waals surface area contributed by atoms with E-state index < -0.39 is 0 Å². The van der Waals surface area contributed by atoms with Crippen LogP contribution in [0.2, 0.25) is 18.0 Å². The van der Waals surface area contributed by atoms with Gasteiger partial charge in [-0.05, 0) is 68.1 Å². The molecule has 4 bridgehead atoms. The maximum absolute atomic E-state index is 2.56. The molecule has 1 heteroatoms. The molecule has 0 spiro atoms. The largest absolute Gasteiger partial charge is 0.152 e. The molecule has 4 aliphatic rings. The molecule has 0 heterocycles. The van der Waals surface area contributed by atoms with Gasteiger partial charge in [-0.3, -0.25) is 0 Å². The summed E-state index contributed by atoms with van der Waals surface area (Å²) in [4.78, 5) is 0. The van der Waals surface area contributed by atoms with Crippen LogP contribution in [0.1, 0.15) is 61.3 Å². The summed E-state index contributed by atoms with van der Waals surface area (Å²) in [6.07, 6.45) is 13.8. The Morgan fingerprint density at radius 3 is 1.68 bits per heavy atom. The SMILES string of the molecule is C/C=C\CB(C1[C@H]2CC=C(C)[C@H]1C2(C)C)C1[C@H]2CC=C(C)[C@H]1C2(C)C. The van der Waals surface area contributed by atoms with Crippen LogP contribution < -0.4 is 0 Å². The van der Waals surface area contributed by atoms with Crippen LogP contribution in [0.3, 0.4) is 0 Å². The van der Waals surface area contributed by atoms with E-state index in [1.807, 2.05) is 0 Å². The topological polar surface area (TPSA) is 0 Å². The lowest BCUT2D eigenvalue weighted by Crippen LogP contribution is -2.64. The molecule has 0 aromatic heterocycles. The Balaban J connectivity index is 1.68. The minimum absolute atomic E-state index is 0.525. The van der Waals surface area contributed by atoms with E-state index >= 15 is 0 Å². The van der Waals surface area contributed by atoms with E-state index in [4.69, 9.17) is 0 Å². The Kier molecular flexibility index (Phi) is 3.99. The lowest BCUT2D eigenvalue weighted by Gasteiger charge is -2.70. The number of fused-ring (bicyclic) bond motifs is 4. The van der Waals surface area contributed by atoms with Crippen molar-refractivity contribution < 1.29 is 0 Å². The first-order valence-electron chi connectivity index (χ1n) is 10.7. The van der Waals surface area contributed by atoms with Crippen LogP contribution >= 0.6 is 0 Å². The number of hydrogen-bond donors (Lipinski definition) is 0. The van der Waals surface area contributed by atoms with Crippen LogP contribution in [0.5, 0.6) is 0 Å². The highest BCUT2D eigenvalue weighted by atomic mass is 14.6. The highest BCUT2D eigenvalue weighted by Crippen LogP contribution is 2.74. The van der Waals surface area contributed by atoms with Crippen molar-refractivity contribution in [2.45, 2.75) is 79.3 Å². The van der Waals surface area contributed by atoms with Crippen molar-refractivity contribution in [1.29, 1.82) is 0 Å². The lowest BCUT2D eigenvalue weighted by atomic mass is 9.13. The van der Waals surface area contributed by atoms with E-state index in [0.29, 0.717) is 10.8 Å². The van der Waals surface area contributed by atoms with Crippen molar-refractivity contribution >= 4 is 6.71 Å². The normalized spacial score (nSPS) is 43.0. The van der Waals surface area contributed by atoms with Gasteiger partial charge in [-0.25, -0.2) is 0 Å². The second-order valence-corrected chi connectivity index (χ2v) is 10.8. The summed E-state index contributed by atoms with van der Waals surface area (Å²) in [5, 5.41) is 0. The summed E-state index contributed by atoms with van der Waals surface area (Å²) in [6, 6.07) is 0. The first-order valence-corrected chi connectivity index (χ1v) is 10.7. The van der Waals surface area contributed by atoms with E-state index in [1.54, 1.807) is 11.1 Å². The molecule has 2 fully saturated rings. The summed E-state index contributed by atoms with van der Waals surface area (Å²) in [5.74, 6) is 5.32. The van der Waals surface area contributed by atoms with Gasteiger partial charge in [-0.2, -0.15) is 0 Å². The Hall–Kier alpha value is -0.715. The molecule has 0 nitrogen and oxygen atoms in total. The average Bonchev–Trinajstić information content (AvgIpc) is 2.53. The average molecular weight is 336 g/mol. The zero-order valence-electron chi connectivity index (χ0n) is 17.5. The van der Waals surface area contributed by atoms with Gasteiger partial charge >= 0.3 is 0 Å². The Morgan fingerprint density at radius 2 is 1.36 bits per heavy atom. The maximum Gasteiger partial charge on any atom is 0.152 e. The Morgan fingerprint density at radius 1 is 0.920 bits per heavy atom. The van der Waals surface area contributed by atoms with Crippen LogP contribution in [-0.2, 0) is 0 Å². The van der Waals surface area contributed by atoms with Crippen molar-refractivity contribution in [3.05, 3.63) is 35.5 Å². The molecule has 0 N–H and O–H groups in total. The third-order valence-corrected chi connectivity index (χ3v) is 9.21. The smallest absolute Gasteiger partial charge is 0.0960 e. The van der Waals surface area contributed by atoms with Crippen LogP contribution in [0, 0.1) is 34.5 Å². The highest BCUT2D eigenvalue weighted by Gasteiger charge is 2.67. The van der Waals surface area contributed by atoms with Gasteiger partial charge in [0, 0.05) is 0 Å². The minimum Gasteiger partial charge on any atom is -0.0960 e. The standard InChI is InChI=1S/C24H37B/c1-8-9-14-25(21-17-12-10-15(2)19(21)23(17,4)5)22-18-13-11-16(3)20(22)24(18,6)7/h8-11,17-22H,12-14H2,1-7H3/b9-8-/t17-,18-,19-,20-,21?,22?/m1/s1. The fourth-order valence-corrected chi connectivity index (χ4v) is 8.21. The molecule has 6 atom stereocenters. The molecule has 0 amide bonds. The molecule has 0 aromatic rings. The molecular formula is C24H37B. The van der Waals surface area contributed by atoms with Gasteiger partial charge in [-0.15, -0.1) is 0 Å². The van der Waals surface area contributed by atoms with Crippen LogP contribution in [0.4, 0.5) is 0 Å². The van der Waals surface area contributed by atoms with Gasteiger partial charge in [0.05, 0.1) is 0 Å². The van der Waals surface area contributed by atoms with Crippen molar-refractivity contribution in [2.24, 2.45) is 34.5 Å². The van der Waals surface area contributed by atoms with Gasteiger partial charge in [0.1, 0.15) is 0 Å². The van der Waals surface area contributed by atoms with E-state index in [0.717, 1.165) is 42.0 Å².